The molecule has 3 aromatic rings. The van der Waals surface area contributed by atoms with Crippen molar-refractivity contribution in [3.63, 3.8) is 0 Å². The fourth-order valence-corrected chi connectivity index (χ4v) is 4.13. The normalized spacial score (nSPS) is 14.6. The predicted octanol–water partition coefficient (Wildman–Crippen LogP) is 4.49. The molecule has 2 aromatic carbocycles. The van der Waals surface area contributed by atoms with Crippen LogP contribution in [-0.4, -0.2) is 34.7 Å². The molecule has 4 rings (SSSR count). The molecule has 0 N–H and O–H groups in total. The van der Waals surface area contributed by atoms with E-state index in [1.54, 1.807) is 18.2 Å². The van der Waals surface area contributed by atoms with Crippen LogP contribution in [0.2, 0.25) is 0 Å². The summed E-state index contributed by atoms with van der Waals surface area (Å²) in [7, 11) is 0. The standard InChI is InChI=1S/C22H20N2O3S/c25-19(18-14-16-8-4-5-11-20(16)27-21(18)26)15-28-22(24-12-6-7-13-24)23-17-9-2-1-3-10-17/h1-5,8-11,14H,6-7,12-13,15H2. The van der Waals surface area contributed by atoms with Crippen molar-refractivity contribution in [2.24, 2.45) is 4.99 Å². The van der Waals surface area contributed by atoms with Crippen molar-refractivity contribution in [1.82, 2.24) is 4.90 Å². The molecule has 1 aliphatic rings. The predicted molar refractivity (Wildman–Crippen MR) is 114 cm³/mol. The minimum absolute atomic E-state index is 0.0895. The van der Waals surface area contributed by atoms with E-state index in [9.17, 15) is 9.59 Å². The van der Waals surface area contributed by atoms with E-state index in [0.717, 1.165) is 42.2 Å². The molecule has 0 spiro atoms. The van der Waals surface area contributed by atoms with Crippen molar-refractivity contribution in [3.8, 4) is 0 Å². The Morgan fingerprint density at radius 1 is 1.04 bits per heavy atom. The van der Waals surface area contributed by atoms with Gasteiger partial charge < -0.3 is 9.32 Å². The van der Waals surface area contributed by atoms with Gasteiger partial charge in [0.05, 0.1) is 11.4 Å². The molecular formula is C22H20N2O3S. The van der Waals surface area contributed by atoms with Gasteiger partial charge in [0.15, 0.2) is 11.0 Å². The van der Waals surface area contributed by atoms with Crippen LogP contribution >= 0.6 is 11.8 Å². The Morgan fingerprint density at radius 3 is 2.54 bits per heavy atom. The number of amidine groups is 1. The largest absolute Gasteiger partial charge is 0.422 e. The molecular weight excluding hydrogens is 372 g/mol. The van der Waals surface area contributed by atoms with Gasteiger partial charge >= 0.3 is 5.63 Å². The number of para-hydroxylation sites is 2. The molecule has 0 radical (unpaired) electrons. The first-order valence-corrected chi connectivity index (χ1v) is 10.3. The zero-order valence-electron chi connectivity index (χ0n) is 15.3. The second-order valence-corrected chi connectivity index (χ2v) is 7.56. The Labute approximate surface area is 167 Å². The Hall–Kier alpha value is -2.86. The van der Waals surface area contributed by atoms with E-state index in [2.05, 4.69) is 4.90 Å². The number of carbonyl (C=O) groups excluding carboxylic acids is 1. The molecule has 142 valence electrons. The highest BCUT2D eigenvalue weighted by Gasteiger charge is 2.20. The molecule has 1 saturated heterocycles. The maximum absolute atomic E-state index is 12.7. The van der Waals surface area contributed by atoms with Gasteiger partial charge in [0.25, 0.3) is 0 Å². The molecule has 1 aromatic heterocycles. The molecule has 28 heavy (non-hydrogen) atoms. The van der Waals surface area contributed by atoms with Crippen molar-refractivity contribution >= 4 is 39.4 Å². The second kappa shape index (κ2) is 8.44. The van der Waals surface area contributed by atoms with E-state index in [4.69, 9.17) is 9.41 Å². The van der Waals surface area contributed by atoms with Gasteiger partial charge in [-0.1, -0.05) is 48.2 Å². The number of Topliss-reactive ketones (excluding diaryl/α,β-unsaturated/α-hetero) is 1. The van der Waals surface area contributed by atoms with Gasteiger partial charge in [0.1, 0.15) is 11.1 Å². The summed E-state index contributed by atoms with van der Waals surface area (Å²) >= 11 is 1.38. The van der Waals surface area contributed by atoms with Crippen molar-refractivity contribution in [1.29, 1.82) is 0 Å². The van der Waals surface area contributed by atoms with Gasteiger partial charge in [-0.15, -0.1) is 0 Å². The van der Waals surface area contributed by atoms with Crippen LogP contribution in [0.3, 0.4) is 0 Å². The molecule has 0 unspecified atom stereocenters. The average Bonchev–Trinajstić information content (AvgIpc) is 3.26. The monoisotopic (exact) mass is 392 g/mol. The van der Waals surface area contributed by atoms with E-state index in [1.807, 2.05) is 42.5 Å². The number of hydrogen-bond acceptors (Lipinski definition) is 5. The highest BCUT2D eigenvalue weighted by atomic mass is 32.2. The lowest BCUT2D eigenvalue weighted by Crippen LogP contribution is -2.26. The Morgan fingerprint density at radius 2 is 1.75 bits per heavy atom. The van der Waals surface area contributed by atoms with Crippen molar-refractivity contribution < 1.29 is 9.21 Å². The topological polar surface area (TPSA) is 62.9 Å². The number of benzene rings is 2. The number of aliphatic imine (C=N–C) groups is 1. The number of likely N-dealkylation sites (tertiary alicyclic amines) is 1. The van der Waals surface area contributed by atoms with Crippen LogP contribution in [0.4, 0.5) is 5.69 Å². The first kappa shape index (κ1) is 18.5. The molecule has 0 saturated carbocycles. The molecule has 1 fully saturated rings. The summed E-state index contributed by atoms with van der Waals surface area (Å²) < 4.78 is 5.29. The first-order valence-electron chi connectivity index (χ1n) is 9.28. The Balaban J connectivity index is 1.55. The van der Waals surface area contributed by atoms with Gasteiger partial charge in [-0.05, 0) is 37.1 Å². The third kappa shape index (κ3) is 4.17. The van der Waals surface area contributed by atoms with Crippen LogP contribution in [0.1, 0.15) is 23.2 Å². The van der Waals surface area contributed by atoms with E-state index in [0.29, 0.717) is 5.58 Å². The number of rotatable bonds is 4. The molecule has 1 aliphatic heterocycles. The first-order chi connectivity index (χ1) is 13.7. The second-order valence-electron chi connectivity index (χ2n) is 6.62. The fourth-order valence-electron chi connectivity index (χ4n) is 3.18. The minimum Gasteiger partial charge on any atom is -0.422 e. The van der Waals surface area contributed by atoms with Gasteiger partial charge in [-0.25, -0.2) is 9.79 Å². The van der Waals surface area contributed by atoms with Gasteiger partial charge in [-0.3, -0.25) is 4.79 Å². The Bertz CT molecular complexity index is 1070. The third-order valence-corrected chi connectivity index (χ3v) is 5.65. The molecule has 0 atom stereocenters. The molecule has 6 heteroatoms. The number of thioether (sulfide) groups is 1. The van der Waals surface area contributed by atoms with E-state index >= 15 is 0 Å². The zero-order valence-corrected chi connectivity index (χ0v) is 16.2. The highest BCUT2D eigenvalue weighted by molar-refractivity contribution is 8.14. The van der Waals surface area contributed by atoms with Crippen LogP contribution in [-0.2, 0) is 0 Å². The molecule has 0 aliphatic carbocycles. The number of ketones is 1. The van der Waals surface area contributed by atoms with Gasteiger partial charge in [-0.2, -0.15) is 0 Å². The number of carbonyl (C=O) groups is 1. The summed E-state index contributed by atoms with van der Waals surface area (Å²) in [5.74, 6) is -0.102. The highest BCUT2D eigenvalue weighted by Crippen LogP contribution is 2.22. The van der Waals surface area contributed by atoms with Crippen LogP contribution in [0.25, 0.3) is 11.0 Å². The summed E-state index contributed by atoms with van der Waals surface area (Å²) in [6.07, 6.45) is 2.24. The molecule has 5 nitrogen and oxygen atoms in total. The SMILES string of the molecule is O=C(CSC(=Nc1ccccc1)N1CCCC1)c1cc2ccccc2oc1=O. The number of fused-ring (bicyclic) bond motifs is 1. The third-order valence-electron chi connectivity index (χ3n) is 4.63. The van der Waals surface area contributed by atoms with Gasteiger partial charge in [0.2, 0.25) is 0 Å². The minimum atomic E-state index is -0.591. The number of nitrogens with zero attached hydrogens (tertiary/aromatic N) is 2. The average molecular weight is 392 g/mol. The molecule has 2 heterocycles. The molecule has 0 bridgehead atoms. The zero-order chi connectivity index (χ0) is 19.3. The number of hydrogen-bond donors (Lipinski definition) is 0. The maximum atomic E-state index is 12.7. The summed E-state index contributed by atoms with van der Waals surface area (Å²) in [4.78, 5) is 31.9. The summed E-state index contributed by atoms with van der Waals surface area (Å²) in [5.41, 5.74) is 0.841. The summed E-state index contributed by atoms with van der Waals surface area (Å²) in [6.45, 7) is 1.87. The fraction of sp³-hybridized carbons (Fsp3) is 0.227. The van der Waals surface area contributed by atoms with E-state index < -0.39 is 5.63 Å². The summed E-state index contributed by atoms with van der Waals surface area (Å²) in [5, 5.41) is 1.57. The van der Waals surface area contributed by atoms with Crippen LogP contribution < -0.4 is 5.63 Å². The van der Waals surface area contributed by atoms with Crippen LogP contribution in [0, 0.1) is 0 Å². The lowest BCUT2D eigenvalue weighted by molar-refractivity contribution is 0.101. The Kier molecular flexibility index (Phi) is 5.58. The van der Waals surface area contributed by atoms with Gasteiger partial charge in [0, 0.05) is 18.5 Å². The van der Waals surface area contributed by atoms with Crippen molar-refractivity contribution in [3.05, 3.63) is 76.6 Å². The van der Waals surface area contributed by atoms with Crippen molar-refractivity contribution in [2.75, 3.05) is 18.8 Å². The maximum Gasteiger partial charge on any atom is 0.347 e. The van der Waals surface area contributed by atoms with E-state index in [-0.39, 0.29) is 17.1 Å². The molecule has 0 amide bonds. The van der Waals surface area contributed by atoms with E-state index in [1.165, 1.54) is 11.8 Å². The lowest BCUT2D eigenvalue weighted by Gasteiger charge is -2.19. The summed E-state index contributed by atoms with van der Waals surface area (Å²) in [6, 6.07) is 18.5. The lowest BCUT2D eigenvalue weighted by atomic mass is 10.1. The quantitative estimate of drug-likeness (QED) is 0.283. The van der Waals surface area contributed by atoms with Crippen molar-refractivity contribution in [2.45, 2.75) is 12.8 Å². The smallest absolute Gasteiger partial charge is 0.347 e. The van der Waals surface area contributed by atoms with Crippen LogP contribution in [0.15, 0.2) is 74.9 Å². The van der Waals surface area contributed by atoms with Crippen LogP contribution in [0.5, 0.6) is 0 Å².